The highest BCUT2D eigenvalue weighted by Crippen LogP contribution is 2.26. The molecule has 0 bridgehead atoms. The number of carbonyl (C=O) groups excluding carboxylic acids is 1. The molecule has 138 valence electrons. The summed E-state index contributed by atoms with van der Waals surface area (Å²) < 4.78 is 1.84. The van der Waals surface area contributed by atoms with Crippen LogP contribution in [0.1, 0.15) is 20.8 Å². The third kappa shape index (κ3) is 3.84. The van der Waals surface area contributed by atoms with Gasteiger partial charge in [-0.15, -0.1) is 11.3 Å². The molecule has 3 aromatic rings. The van der Waals surface area contributed by atoms with E-state index in [-0.39, 0.29) is 16.3 Å². The van der Waals surface area contributed by atoms with Crippen LogP contribution in [-0.2, 0) is 7.05 Å². The molecule has 0 saturated carbocycles. The molecule has 0 saturated heterocycles. The van der Waals surface area contributed by atoms with Gasteiger partial charge in [0.05, 0.1) is 21.2 Å². The lowest BCUT2D eigenvalue weighted by atomic mass is 10.1. The number of aromatic nitrogens is 1. The number of hydrogen-bond donors (Lipinski definition) is 0. The summed E-state index contributed by atoms with van der Waals surface area (Å²) in [5.74, 6) is -0.615. The summed E-state index contributed by atoms with van der Waals surface area (Å²) in [7, 11) is 1.83. The Hall–Kier alpha value is -2.77. The first-order valence-corrected chi connectivity index (χ1v) is 9.24. The fraction of sp³-hybridized carbons (Fsp3) is 0.158. The van der Waals surface area contributed by atoms with E-state index in [0.29, 0.717) is 4.80 Å². The molecule has 1 heterocycles. The van der Waals surface area contributed by atoms with Crippen LogP contribution >= 0.6 is 22.9 Å². The lowest BCUT2D eigenvalue weighted by Crippen LogP contribution is -2.14. The van der Waals surface area contributed by atoms with E-state index in [9.17, 15) is 14.9 Å². The van der Waals surface area contributed by atoms with Gasteiger partial charge < -0.3 is 4.57 Å². The van der Waals surface area contributed by atoms with Gasteiger partial charge in [0.1, 0.15) is 0 Å². The molecular weight excluding hydrogens is 386 g/mol. The van der Waals surface area contributed by atoms with E-state index < -0.39 is 10.8 Å². The van der Waals surface area contributed by atoms with Gasteiger partial charge in [0, 0.05) is 24.1 Å². The molecule has 0 N–H and O–H groups in total. The Balaban J connectivity index is 2.07. The number of nitro benzene ring substituents is 1. The van der Waals surface area contributed by atoms with Gasteiger partial charge in [0.2, 0.25) is 0 Å². The summed E-state index contributed by atoms with van der Waals surface area (Å²) in [5, 5.41) is 11.1. The number of thiazole rings is 1. The maximum absolute atomic E-state index is 12.6. The van der Waals surface area contributed by atoms with E-state index in [2.05, 4.69) is 4.99 Å². The molecule has 6 nitrogen and oxygen atoms in total. The van der Waals surface area contributed by atoms with Crippen molar-refractivity contribution in [1.29, 1.82) is 0 Å². The van der Waals surface area contributed by atoms with Crippen LogP contribution in [0.25, 0.3) is 11.3 Å². The maximum atomic E-state index is 12.6. The highest BCUT2D eigenvalue weighted by molar-refractivity contribution is 7.09. The minimum absolute atomic E-state index is 0.00815. The number of non-ortho nitro benzene ring substituents is 1. The van der Waals surface area contributed by atoms with Crippen molar-refractivity contribution in [3.05, 3.63) is 78.4 Å². The van der Waals surface area contributed by atoms with Gasteiger partial charge in [-0.05, 0) is 25.5 Å². The van der Waals surface area contributed by atoms with Gasteiger partial charge in [0.25, 0.3) is 11.6 Å². The molecule has 0 radical (unpaired) electrons. The Morgan fingerprint density at radius 2 is 1.85 bits per heavy atom. The van der Waals surface area contributed by atoms with Gasteiger partial charge in [-0.3, -0.25) is 14.9 Å². The fourth-order valence-electron chi connectivity index (χ4n) is 2.73. The van der Waals surface area contributed by atoms with Crippen LogP contribution in [0.2, 0.25) is 5.02 Å². The molecule has 0 unspecified atom stereocenters. The molecule has 1 aromatic heterocycles. The largest absolute Gasteiger partial charge is 0.319 e. The number of aryl methyl sites for hydroxylation is 2. The Bertz CT molecular complexity index is 1110. The summed E-state index contributed by atoms with van der Waals surface area (Å²) in [5.41, 5.74) is 2.96. The highest BCUT2D eigenvalue weighted by Gasteiger charge is 2.17. The number of benzene rings is 2. The second-order valence-electron chi connectivity index (χ2n) is 6.05. The number of rotatable bonds is 3. The number of carbonyl (C=O) groups is 1. The topological polar surface area (TPSA) is 77.5 Å². The van der Waals surface area contributed by atoms with E-state index in [1.165, 1.54) is 23.5 Å². The molecule has 2 aromatic carbocycles. The third-order valence-electron chi connectivity index (χ3n) is 4.11. The van der Waals surface area contributed by atoms with Crippen molar-refractivity contribution in [2.75, 3.05) is 0 Å². The SMILES string of the molecule is Cc1ccc(-c2c(C)sc(=NC(=O)c3cc([N+](=O)[O-])ccc3Cl)n2C)cc1. The van der Waals surface area contributed by atoms with E-state index >= 15 is 0 Å². The highest BCUT2D eigenvalue weighted by atomic mass is 35.5. The minimum atomic E-state index is -0.615. The van der Waals surface area contributed by atoms with Crippen molar-refractivity contribution in [2.45, 2.75) is 13.8 Å². The second-order valence-corrected chi connectivity index (χ2v) is 7.64. The van der Waals surface area contributed by atoms with Gasteiger partial charge in [-0.2, -0.15) is 4.99 Å². The predicted molar refractivity (Wildman–Crippen MR) is 106 cm³/mol. The van der Waals surface area contributed by atoms with Gasteiger partial charge in [-0.1, -0.05) is 41.4 Å². The zero-order valence-electron chi connectivity index (χ0n) is 14.9. The van der Waals surface area contributed by atoms with Crippen LogP contribution < -0.4 is 4.80 Å². The number of hydrogen-bond acceptors (Lipinski definition) is 4. The van der Waals surface area contributed by atoms with Gasteiger partial charge >= 0.3 is 0 Å². The van der Waals surface area contributed by atoms with E-state index in [1.54, 1.807) is 0 Å². The molecule has 1 amide bonds. The zero-order valence-corrected chi connectivity index (χ0v) is 16.5. The van der Waals surface area contributed by atoms with E-state index in [0.717, 1.165) is 27.8 Å². The van der Waals surface area contributed by atoms with E-state index in [1.807, 2.05) is 49.7 Å². The smallest absolute Gasteiger partial charge is 0.281 e. The predicted octanol–water partition coefficient (Wildman–Crippen LogP) is 4.67. The number of halogens is 1. The van der Waals surface area contributed by atoms with Crippen LogP contribution in [0, 0.1) is 24.0 Å². The Labute approximate surface area is 164 Å². The Kier molecular flexibility index (Phi) is 5.25. The summed E-state index contributed by atoms with van der Waals surface area (Å²) in [4.78, 5) is 28.6. The first-order chi connectivity index (χ1) is 12.8. The molecule has 8 heteroatoms. The van der Waals surface area contributed by atoms with Crippen molar-refractivity contribution in [1.82, 2.24) is 4.57 Å². The number of nitro groups is 1. The molecule has 0 atom stereocenters. The summed E-state index contributed by atoms with van der Waals surface area (Å²) >= 11 is 7.42. The number of amides is 1. The standard InChI is InChI=1S/C19H16ClN3O3S/c1-11-4-6-13(7-5-11)17-12(2)27-19(22(17)3)21-18(24)15-10-14(23(25)26)8-9-16(15)20/h4-10H,1-3H3. The van der Waals surface area contributed by atoms with Crippen molar-refractivity contribution < 1.29 is 9.72 Å². The van der Waals surface area contributed by atoms with Crippen LogP contribution in [0.5, 0.6) is 0 Å². The summed E-state index contributed by atoms with van der Waals surface area (Å²) in [6.07, 6.45) is 0. The zero-order chi connectivity index (χ0) is 19.7. The lowest BCUT2D eigenvalue weighted by molar-refractivity contribution is -0.384. The van der Waals surface area contributed by atoms with Gasteiger partial charge in [-0.25, -0.2) is 0 Å². The Morgan fingerprint density at radius 3 is 2.48 bits per heavy atom. The van der Waals surface area contributed by atoms with Gasteiger partial charge in [0.15, 0.2) is 4.80 Å². The first-order valence-electron chi connectivity index (χ1n) is 8.04. The van der Waals surface area contributed by atoms with E-state index in [4.69, 9.17) is 11.6 Å². The molecule has 0 fully saturated rings. The summed E-state index contributed by atoms with van der Waals surface area (Å²) in [6, 6.07) is 11.8. The molecule has 3 rings (SSSR count). The van der Waals surface area contributed by atoms with Crippen LogP contribution in [0.4, 0.5) is 5.69 Å². The quantitative estimate of drug-likeness (QED) is 0.472. The molecule has 27 heavy (non-hydrogen) atoms. The van der Waals surface area contributed by atoms with Crippen molar-refractivity contribution in [2.24, 2.45) is 12.0 Å². The first kappa shape index (κ1) is 19.0. The molecule has 0 aliphatic heterocycles. The third-order valence-corrected chi connectivity index (χ3v) is 5.49. The van der Waals surface area contributed by atoms with Crippen molar-refractivity contribution >= 4 is 34.5 Å². The normalized spacial score (nSPS) is 11.6. The van der Waals surface area contributed by atoms with Crippen molar-refractivity contribution in [3.8, 4) is 11.3 Å². The van der Waals surface area contributed by atoms with Crippen LogP contribution in [0.3, 0.4) is 0 Å². The maximum Gasteiger partial charge on any atom is 0.281 e. The molecule has 0 aliphatic rings. The molecule has 0 aliphatic carbocycles. The van der Waals surface area contributed by atoms with Crippen LogP contribution in [0.15, 0.2) is 47.5 Å². The summed E-state index contributed by atoms with van der Waals surface area (Å²) in [6.45, 7) is 3.98. The minimum Gasteiger partial charge on any atom is -0.319 e. The average Bonchev–Trinajstić information content (AvgIpc) is 2.89. The molecular formula is C19H16ClN3O3S. The fourth-order valence-corrected chi connectivity index (χ4v) is 3.91. The Morgan fingerprint density at radius 1 is 1.19 bits per heavy atom. The van der Waals surface area contributed by atoms with Crippen molar-refractivity contribution in [3.63, 3.8) is 0 Å². The number of nitrogens with zero attached hydrogens (tertiary/aromatic N) is 3. The lowest BCUT2D eigenvalue weighted by Gasteiger charge is -2.05. The molecule has 0 spiro atoms. The monoisotopic (exact) mass is 401 g/mol. The second kappa shape index (κ2) is 7.46. The average molecular weight is 402 g/mol. The van der Waals surface area contributed by atoms with Crippen LogP contribution in [-0.4, -0.2) is 15.4 Å².